The lowest BCUT2D eigenvalue weighted by molar-refractivity contribution is -0.141. The third-order valence-corrected chi connectivity index (χ3v) is 1.90. The van der Waals surface area contributed by atoms with Crippen molar-refractivity contribution in [2.75, 3.05) is 0 Å². The highest BCUT2D eigenvalue weighted by Gasteiger charge is 2.24. The quantitative estimate of drug-likeness (QED) is 0.593. The number of aliphatic carboxylic acids is 1. The number of aldehydes is 1. The number of furan rings is 1. The second kappa shape index (κ2) is 4.72. The van der Waals surface area contributed by atoms with Gasteiger partial charge < -0.3 is 19.7 Å². The van der Waals surface area contributed by atoms with Gasteiger partial charge in [0, 0.05) is 5.56 Å². The van der Waals surface area contributed by atoms with Crippen molar-refractivity contribution in [2.45, 2.75) is 18.6 Å². The summed E-state index contributed by atoms with van der Waals surface area (Å²) in [4.78, 5) is 20.7. The highest BCUT2D eigenvalue weighted by atomic mass is 16.4. The van der Waals surface area contributed by atoms with Gasteiger partial charge in [-0.3, -0.25) is 9.59 Å². The van der Waals surface area contributed by atoms with Crippen LogP contribution >= 0.6 is 0 Å². The van der Waals surface area contributed by atoms with Crippen molar-refractivity contribution in [2.24, 2.45) is 0 Å². The molecule has 0 amide bonds. The van der Waals surface area contributed by atoms with Crippen molar-refractivity contribution in [3.63, 3.8) is 0 Å². The summed E-state index contributed by atoms with van der Waals surface area (Å²) in [6.07, 6.45) is -1.97. The molecular formula is C9H10O6. The Hall–Kier alpha value is -1.66. The molecule has 0 aliphatic rings. The maximum absolute atomic E-state index is 10.4. The van der Waals surface area contributed by atoms with E-state index in [1.165, 1.54) is 12.3 Å². The molecule has 0 bridgehead atoms. The van der Waals surface area contributed by atoms with Crippen LogP contribution in [0.5, 0.6) is 0 Å². The van der Waals surface area contributed by atoms with Crippen molar-refractivity contribution < 1.29 is 29.3 Å². The lowest BCUT2D eigenvalue weighted by Crippen LogP contribution is -2.22. The summed E-state index contributed by atoms with van der Waals surface area (Å²) in [5.74, 6) is -1.36. The molecule has 1 aromatic rings. The minimum Gasteiger partial charge on any atom is -0.481 e. The van der Waals surface area contributed by atoms with Crippen LogP contribution in [0.15, 0.2) is 16.7 Å². The van der Waals surface area contributed by atoms with Gasteiger partial charge in [0.1, 0.15) is 6.10 Å². The van der Waals surface area contributed by atoms with Crippen LogP contribution in [-0.2, 0) is 4.79 Å². The lowest BCUT2D eigenvalue weighted by Gasteiger charge is -2.14. The number of carbonyl (C=O) groups is 2. The summed E-state index contributed by atoms with van der Waals surface area (Å²) in [7, 11) is 0. The third-order valence-electron chi connectivity index (χ3n) is 1.90. The van der Waals surface area contributed by atoms with Gasteiger partial charge in [-0.2, -0.15) is 0 Å². The maximum Gasteiger partial charge on any atom is 0.306 e. The molecule has 6 heteroatoms. The monoisotopic (exact) mass is 214 g/mol. The van der Waals surface area contributed by atoms with Gasteiger partial charge in [-0.15, -0.1) is 0 Å². The standard InChI is InChI=1S/C9H10O6/c10-4-7-5(1-2-15-7)9(14)6(11)3-8(12)13/h1-2,4,6,9,11,14H,3H2,(H,12,13). The molecule has 1 rings (SSSR count). The van der Waals surface area contributed by atoms with Crippen LogP contribution in [0.2, 0.25) is 0 Å². The molecule has 3 N–H and O–H groups in total. The predicted molar refractivity (Wildman–Crippen MR) is 47.3 cm³/mol. The first-order valence-corrected chi connectivity index (χ1v) is 4.16. The van der Waals surface area contributed by atoms with Crippen LogP contribution in [0.4, 0.5) is 0 Å². The second-order valence-electron chi connectivity index (χ2n) is 2.97. The molecule has 0 saturated heterocycles. The van der Waals surface area contributed by atoms with Crippen LogP contribution in [0, 0.1) is 0 Å². The summed E-state index contributed by atoms with van der Waals surface area (Å²) in [6.45, 7) is 0. The number of hydrogen-bond donors (Lipinski definition) is 3. The molecule has 1 aromatic heterocycles. The molecule has 0 aliphatic carbocycles. The van der Waals surface area contributed by atoms with Crippen molar-refractivity contribution in [1.29, 1.82) is 0 Å². The van der Waals surface area contributed by atoms with Crippen LogP contribution in [0.1, 0.15) is 28.6 Å². The van der Waals surface area contributed by atoms with Crippen LogP contribution in [-0.4, -0.2) is 33.7 Å². The van der Waals surface area contributed by atoms with Crippen molar-refractivity contribution in [3.05, 3.63) is 23.7 Å². The Morgan fingerprint density at radius 3 is 2.73 bits per heavy atom. The molecule has 0 saturated carbocycles. The topological polar surface area (TPSA) is 108 Å². The Morgan fingerprint density at radius 2 is 2.20 bits per heavy atom. The summed E-state index contributed by atoms with van der Waals surface area (Å²) in [6, 6.07) is 1.31. The molecule has 1 heterocycles. The molecule has 15 heavy (non-hydrogen) atoms. The lowest BCUT2D eigenvalue weighted by atomic mass is 10.0. The highest BCUT2D eigenvalue weighted by Crippen LogP contribution is 2.22. The summed E-state index contributed by atoms with van der Waals surface area (Å²) >= 11 is 0. The molecule has 0 aromatic carbocycles. The van der Waals surface area contributed by atoms with Crippen LogP contribution < -0.4 is 0 Å². The van der Waals surface area contributed by atoms with Crippen LogP contribution in [0.3, 0.4) is 0 Å². The van der Waals surface area contributed by atoms with E-state index < -0.39 is 24.6 Å². The Balaban J connectivity index is 2.79. The van der Waals surface area contributed by atoms with E-state index in [0.717, 1.165) is 0 Å². The minimum absolute atomic E-state index is 0.0822. The number of aliphatic hydroxyl groups excluding tert-OH is 2. The molecular weight excluding hydrogens is 204 g/mol. The van der Waals surface area contributed by atoms with Crippen LogP contribution in [0.25, 0.3) is 0 Å². The Kier molecular flexibility index (Phi) is 3.59. The van der Waals surface area contributed by atoms with Gasteiger partial charge in [0.05, 0.1) is 18.8 Å². The first kappa shape index (κ1) is 11.4. The number of carboxylic acid groups (broad SMARTS) is 1. The van der Waals surface area contributed by atoms with Gasteiger partial charge in [-0.1, -0.05) is 0 Å². The smallest absolute Gasteiger partial charge is 0.306 e. The van der Waals surface area contributed by atoms with E-state index >= 15 is 0 Å². The maximum atomic E-state index is 10.4. The highest BCUT2D eigenvalue weighted by molar-refractivity contribution is 5.73. The van der Waals surface area contributed by atoms with E-state index in [1.54, 1.807) is 0 Å². The molecule has 6 nitrogen and oxygen atoms in total. The number of rotatable bonds is 5. The van der Waals surface area contributed by atoms with Crippen molar-refractivity contribution >= 4 is 12.3 Å². The van der Waals surface area contributed by atoms with E-state index in [0.29, 0.717) is 6.29 Å². The largest absolute Gasteiger partial charge is 0.481 e. The molecule has 0 aliphatic heterocycles. The van der Waals surface area contributed by atoms with E-state index in [2.05, 4.69) is 0 Å². The molecule has 2 unspecified atom stereocenters. The zero-order valence-electron chi connectivity index (χ0n) is 7.66. The average Bonchev–Trinajstić information content (AvgIpc) is 2.62. The van der Waals surface area contributed by atoms with Gasteiger partial charge >= 0.3 is 5.97 Å². The Morgan fingerprint density at radius 1 is 1.53 bits per heavy atom. The Bertz CT molecular complexity index is 355. The molecule has 0 spiro atoms. The number of hydrogen-bond acceptors (Lipinski definition) is 5. The van der Waals surface area contributed by atoms with Crippen molar-refractivity contribution in [3.8, 4) is 0 Å². The van der Waals surface area contributed by atoms with Crippen molar-refractivity contribution in [1.82, 2.24) is 0 Å². The molecule has 2 atom stereocenters. The van der Waals surface area contributed by atoms with E-state index in [1.807, 2.05) is 0 Å². The fourth-order valence-corrected chi connectivity index (χ4v) is 1.17. The van der Waals surface area contributed by atoms with Gasteiger partial charge in [-0.25, -0.2) is 0 Å². The van der Waals surface area contributed by atoms with Gasteiger partial charge in [0.2, 0.25) is 0 Å². The number of carbonyl (C=O) groups excluding carboxylic acids is 1. The zero-order chi connectivity index (χ0) is 11.4. The molecule has 0 fully saturated rings. The average molecular weight is 214 g/mol. The SMILES string of the molecule is O=Cc1occc1C(O)C(O)CC(=O)O. The minimum atomic E-state index is -1.47. The first-order chi connectivity index (χ1) is 7.06. The van der Waals surface area contributed by atoms with Gasteiger partial charge in [0.25, 0.3) is 0 Å². The van der Waals surface area contributed by atoms with Gasteiger partial charge in [-0.05, 0) is 6.07 Å². The number of aliphatic hydroxyl groups is 2. The zero-order valence-corrected chi connectivity index (χ0v) is 7.66. The number of carboxylic acids is 1. The second-order valence-corrected chi connectivity index (χ2v) is 2.97. The third kappa shape index (κ3) is 2.64. The Labute approximate surface area is 84.8 Å². The van der Waals surface area contributed by atoms with E-state index in [4.69, 9.17) is 9.52 Å². The normalized spacial score (nSPS) is 14.5. The van der Waals surface area contributed by atoms with Gasteiger partial charge in [0.15, 0.2) is 12.0 Å². The van der Waals surface area contributed by atoms with E-state index in [9.17, 15) is 19.8 Å². The molecule has 82 valence electrons. The summed E-state index contributed by atoms with van der Waals surface area (Å²) in [5.41, 5.74) is 0.0822. The first-order valence-electron chi connectivity index (χ1n) is 4.16. The van der Waals surface area contributed by atoms with E-state index in [-0.39, 0.29) is 11.3 Å². The summed E-state index contributed by atoms with van der Waals surface area (Å²) in [5, 5.41) is 27.2. The molecule has 0 radical (unpaired) electrons. The predicted octanol–water partition coefficient (Wildman–Crippen LogP) is -0.0389. The fraction of sp³-hybridized carbons (Fsp3) is 0.333. The fourth-order valence-electron chi connectivity index (χ4n) is 1.17. The summed E-state index contributed by atoms with van der Waals surface area (Å²) < 4.78 is 4.70.